The number of rotatable bonds is 4. The van der Waals surface area contributed by atoms with Crippen molar-refractivity contribution in [2.24, 2.45) is 7.05 Å². The van der Waals surface area contributed by atoms with Gasteiger partial charge in [-0.15, -0.1) is 11.3 Å². The van der Waals surface area contributed by atoms with Gasteiger partial charge in [0.05, 0.1) is 21.7 Å². The molecule has 3 aromatic rings. The lowest BCUT2D eigenvalue weighted by Gasteiger charge is -2.07. The Morgan fingerprint density at radius 2 is 2.05 bits per heavy atom. The number of carbonyl (C=O) groups excluding carboxylic acids is 1. The van der Waals surface area contributed by atoms with Gasteiger partial charge in [-0.1, -0.05) is 23.7 Å². The van der Waals surface area contributed by atoms with Gasteiger partial charge in [0, 0.05) is 13.6 Å². The van der Waals surface area contributed by atoms with Gasteiger partial charge in [-0.05, 0) is 29.8 Å². The predicted molar refractivity (Wildman–Crippen MR) is 90.0 cm³/mol. The van der Waals surface area contributed by atoms with Crippen molar-refractivity contribution in [1.82, 2.24) is 9.88 Å². The summed E-state index contributed by atoms with van der Waals surface area (Å²) in [5.74, 6) is 0.701. The molecule has 2 aromatic heterocycles. The fourth-order valence-corrected chi connectivity index (χ4v) is 3.52. The third-order valence-electron chi connectivity index (χ3n) is 3.55. The predicted octanol–water partition coefficient (Wildman–Crippen LogP) is 3.83. The maximum Gasteiger partial charge on any atom is 0.268 e. The fraction of sp³-hybridized carbons (Fsp3) is 0.188. The molecular formula is C16H15ClN2O2S. The number of carbonyl (C=O) groups is 1. The van der Waals surface area contributed by atoms with Gasteiger partial charge < -0.3 is 14.6 Å². The maximum absolute atomic E-state index is 12.3. The van der Waals surface area contributed by atoms with E-state index in [1.807, 2.05) is 48.0 Å². The van der Waals surface area contributed by atoms with Gasteiger partial charge in [-0.25, -0.2) is 0 Å². The maximum atomic E-state index is 12.3. The van der Waals surface area contributed by atoms with Crippen LogP contribution in [0.4, 0.5) is 0 Å². The number of halogens is 1. The van der Waals surface area contributed by atoms with Gasteiger partial charge in [0.1, 0.15) is 11.4 Å². The lowest BCUT2D eigenvalue weighted by molar-refractivity contribution is 0.0943. The van der Waals surface area contributed by atoms with Crippen molar-refractivity contribution >= 4 is 39.1 Å². The van der Waals surface area contributed by atoms with Crippen LogP contribution >= 0.6 is 22.9 Å². The molecule has 1 N–H and O–H groups in total. The van der Waals surface area contributed by atoms with Crippen LogP contribution in [-0.2, 0) is 13.6 Å². The van der Waals surface area contributed by atoms with Crippen molar-refractivity contribution < 1.29 is 9.53 Å². The molecule has 0 aliphatic heterocycles. The highest BCUT2D eigenvalue weighted by Crippen LogP contribution is 2.31. The van der Waals surface area contributed by atoms with Crippen LogP contribution in [0.2, 0.25) is 4.34 Å². The van der Waals surface area contributed by atoms with Crippen LogP contribution in [0, 0.1) is 0 Å². The van der Waals surface area contributed by atoms with E-state index in [1.165, 1.54) is 11.3 Å². The minimum atomic E-state index is -0.0992. The van der Waals surface area contributed by atoms with E-state index in [9.17, 15) is 4.79 Å². The van der Waals surface area contributed by atoms with Crippen LogP contribution < -0.4 is 10.1 Å². The average molecular weight is 335 g/mol. The number of nitrogens with zero attached hydrogens (tertiary/aromatic N) is 1. The summed E-state index contributed by atoms with van der Waals surface area (Å²) in [5, 5.41) is 2.93. The molecule has 0 saturated carbocycles. The first-order chi connectivity index (χ1) is 10.6. The van der Waals surface area contributed by atoms with Crippen LogP contribution in [0.3, 0.4) is 0 Å². The van der Waals surface area contributed by atoms with E-state index >= 15 is 0 Å². The number of fused-ring (bicyclic) bond motifs is 1. The van der Waals surface area contributed by atoms with Crippen LogP contribution in [0.1, 0.15) is 16.1 Å². The number of thiophene rings is 1. The van der Waals surface area contributed by atoms with Crippen molar-refractivity contribution in [2.45, 2.75) is 6.54 Å². The van der Waals surface area contributed by atoms with E-state index in [-0.39, 0.29) is 5.91 Å². The Kier molecular flexibility index (Phi) is 4.09. The zero-order valence-electron chi connectivity index (χ0n) is 12.2. The van der Waals surface area contributed by atoms with Gasteiger partial charge in [0.2, 0.25) is 0 Å². The Morgan fingerprint density at radius 1 is 1.32 bits per heavy atom. The molecule has 0 atom stereocenters. The topological polar surface area (TPSA) is 43.3 Å². The highest BCUT2D eigenvalue weighted by atomic mass is 35.5. The van der Waals surface area contributed by atoms with Gasteiger partial charge in [-0.2, -0.15) is 0 Å². The molecule has 114 valence electrons. The van der Waals surface area contributed by atoms with Crippen LogP contribution in [0.5, 0.6) is 5.75 Å². The molecule has 0 bridgehead atoms. The molecule has 0 aliphatic rings. The van der Waals surface area contributed by atoms with Crippen LogP contribution in [0.15, 0.2) is 36.4 Å². The second kappa shape index (κ2) is 6.02. The third-order valence-corrected chi connectivity index (χ3v) is 4.75. The van der Waals surface area contributed by atoms with E-state index < -0.39 is 0 Å². The van der Waals surface area contributed by atoms with Gasteiger partial charge in [0.15, 0.2) is 0 Å². The highest BCUT2D eigenvalue weighted by molar-refractivity contribution is 7.22. The standard InChI is InChI=1S/C16H15ClN2O2S/c1-19-12-8-15(17)22-14(12)7-13(19)16(20)18-9-10-3-5-11(21-2)6-4-10/h3-8H,9H2,1-2H3,(H,18,20). The largest absolute Gasteiger partial charge is 0.497 e. The number of ether oxygens (including phenoxy) is 1. The summed E-state index contributed by atoms with van der Waals surface area (Å²) in [6.07, 6.45) is 0. The second-order valence-corrected chi connectivity index (χ2v) is 6.63. The fourth-order valence-electron chi connectivity index (χ4n) is 2.32. The number of benzene rings is 1. The molecule has 0 spiro atoms. The quantitative estimate of drug-likeness (QED) is 0.788. The summed E-state index contributed by atoms with van der Waals surface area (Å²) in [6, 6.07) is 11.4. The smallest absolute Gasteiger partial charge is 0.268 e. The molecule has 1 amide bonds. The molecule has 1 aromatic carbocycles. The Balaban J connectivity index is 1.72. The molecule has 6 heteroatoms. The summed E-state index contributed by atoms with van der Waals surface area (Å²) in [6.45, 7) is 0.475. The van der Waals surface area contributed by atoms with E-state index in [0.29, 0.717) is 12.2 Å². The lowest BCUT2D eigenvalue weighted by Crippen LogP contribution is -2.24. The zero-order chi connectivity index (χ0) is 15.7. The van der Waals surface area contributed by atoms with Gasteiger partial charge in [0.25, 0.3) is 5.91 Å². The molecule has 22 heavy (non-hydrogen) atoms. The Bertz CT molecular complexity index is 821. The summed E-state index contributed by atoms with van der Waals surface area (Å²) in [4.78, 5) is 12.3. The molecule has 0 fully saturated rings. The summed E-state index contributed by atoms with van der Waals surface area (Å²) >= 11 is 7.46. The van der Waals surface area contributed by atoms with Crippen molar-refractivity contribution in [3.63, 3.8) is 0 Å². The molecule has 0 unspecified atom stereocenters. The Hall–Kier alpha value is -1.98. The number of methoxy groups -OCH3 is 1. The van der Waals surface area contributed by atoms with Gasteiger partial charge in [-0.3, -0.25) is 4.79 Å². The number of hydrogen-bond acceptors (Lipinski definition) is 3. The minimum absolute atomic E-state index is 0.0992. The Morgan fingerprint density at radius 3 is 2.68 bits per heavy atom. The van der Waals surface area contributed by atoms with E-state index in [4.69, 9.17) is 16.3 Å². The van der Waals surface area contributed by atoms with E-state index in [2.05, 4.69) is 5.32 Å². The number of aryl methyl sites for hydroxylation is 1. The first-order valence-corrected chi connectivity index (χ1v) is 7.94. The lowest BCUT2D eigenvalue weighted by atomic mass is 10.2. The molecule has 0 radical (unpaired) electrons. The van der Waals surface area contributed by atoms with E-state index in [0.717, 1.165) is 25.9 Å². The van der Waals surface area contributed by atoms with Crippen LogP contribution in [0.25, 0.3) is 10.2 Å². The minimum Gasteiger partial charge on any atom is -0.497 e. The molecule has 2 heterocycles. The summed E-state index contributed by atoms with van der Waals surface area (Å²) < 4.78 is 8.72. The normalized spacial score (nSPS) is 10.9. The number of amides is 1. The first-order valence-electron chi connectivity index (χ1n) is 6.74. The van der Waals surface area contributed by atoms with Crippen molar-refractivity contribution in [3.8, 4) is 5.75 Å². The van der Waals surface area contributed by atoms with E-state index in [1.54, 1.807) is 7.11 Å². The molecule has 0 aliphatic carbocycles. The first kappa shape index (κ1) is 14.9. The van der Waals surface area contributed by atoms with Crippen molar-refractivity contribution in [3.05, 3.63) is 52.0 Å². The number of hydrogen-bond donors (Lipinski definition) is 1. The molecule has 3 rings (SSSR count). The summed E-state index contributed by atoms with van der Waals surface area (Å²) in [5.41, 5.74) is 2.63. The molecule has 4 nitrogen and oxygen atoms in total. The van der Waals surface area contributed by atoms with Crippen molar-refractivity contribution in [1.29, 1.82) is 0 Å². The summed E-state index contributed by atoms with van der Waals surface area (Å²) in [7, 11) is 3.50. The Labute approximate surface area is 137 Å². The average Bonchev–Trinajstić information content (AvgIpc) is 3.03. The molecule has 0 saturated heterocycles. The monoisotopic (exact) mass is 334 g/mol. The number of nitrogens with one attached hydrogen (secondary N) is 1. The zero-order valence-corrected chi connectivity index (χ0v) is 13.8. The van der Waals surface area contributed by atoms with Crippen molar-refractivity contribution in [2.75, 3.05) is 7.11 Å². The SMILES string of the molecule is COc1ccc(CNC(=O)c2cc3sc(Cl)cc3n2C)cc1. The van der Waals surface area contributed by atoms with Crippen LogP contribution in [-0.4, -0.2) is 17.6 Å². The highest BCUT2D eigenvalue weighted by Gasteiger charge is 2.15. The third kappa shape index (κ3) is 2.82. The number of aromatic nitrogens is 1. The van der Waals surface area contributed by atoms with Gasteiger partial charge >= 0.3 is 0 Å². The molecular weight excluding hydrogens is 320 g/mol. The second-order valence-electron chi connectivity index (χ2n) is 4.92.